The number of anilines is 1. The average Bonchev–Trinajstić information content (AvgIpc) is 2.68. The van der Waals surface area contributed by atoms with Gasteiger partial charge in [-0.25, -0.2) is 8.42 Å². The van der Waals surface area contributed by atoms with Crippen LogP contribution < -0.4 is 4.31 Å². The van der Waals surface area contributed by atoms with Crippen molar-refractivity contribution in [3.05, 3.63) is 106 Å². The van der Waals surface area contributed by atoms with Crippen molar-refractivity contribution in [2.24, 2.45) is 0 Å². The predicted octanol–water partition coefficient (Wildman–Crippen LogP) is 6.19. The van der Waals surface area contributed by atoms with E-state index in [0.717, 1.165) is 26.7 Å². The Labute approximate surface area is 181 Å². The molecule has 0 aliphatic carbocycles. The van der Waals surface area contributed by atoms with Crippen LogP contribution >= 0.6 is 15.9 Å². The lowest BCUT2D eigenvalue weighted by Gasteiger charge is -2.27. The molecule has 0 saturated carbocycles. The number of halogens is 1. The molecule has 0 fully saturated rings. The number of aryl methyl sites for hydroxylation is 2. The van der Waals surface area contributed by atoms with Crippen LogP contribution in [0, 0.1) is 13.8 Å². The van der Waals surface area contributed by atoms with Gasteiger partial charge in [-0.3, -0.25) is 4.31 Å². The van der Waals surface area contributed by atoms with Crippen molar-refractivity contribution in [3.63, 3.8) is 0 Å². The molecule has 3 aromatic rings. The Morgan fingerprint density at radius 1 is 0.931 bits per heavy atom. The van der Waals surface area contributed by atoms with E-state index in [1.54, 1.807) is 18.2 Å². The van der Waals surface area contributed by atoms with Gasteiger partial charge in [0, 0.05) is 4.47 Å². The smallest absolute Gasteiger partial charge is 0.262 e. The largest absolute Gasteiger partial charge is 0.264 e. The molecule has 0 aliphatic heterocycles. The molecule has 29 heavy (non-hydrogen) atoms. The van der Waals surface area contributed by atoms with Crippen molar-refractivity contribution in [1.29, 1.82) is 0 Å². The predicted molar refractivity (Wildman–Crippen MR) is 124 cm³/mol. The summed E-state index contributed by atoms with van der Waals surface area (Å²) < 4.78 is 29.7. The molecule has 5 heteroatoms. The minimum Gasteiger partial charge on any atom is -0.262 e. The fourth-order valence-electron chi connectivity index (χ4n) is 3.20. The lowest BCUT2D eigenvalue weighted by Crippen LogP contribution is -2.31. The fourth-order valence-corrected chi connectivity index (χ4v) is 5.09. The first-order valence-electron chi connectivity index (χ1n) is 9.36. The molecule has 150 valence electrons. The van der Waals surface area contributed by atoms with Gasteiger partial charge in [-0.2, -0.15) is 0 Å². The van der Waals surface area contributed by atoms with Crippen LogP contribution in [0.5, 0.6) is 0 Å². The first-order valence-corrected chi connectivity index (χ1v) is 11.6. The Balaban J connectivity index is 2.18. The molecule has 3 nitrogen and oxygen atoms in total. The van der Waals surface area contributed by atoms with Crippen LogP contribution in [0.4, 0.5) is 5.69 Å². The van der Waals surface area contributed by atoms with E-state index in [9.17, 15) is 8.42 Å². The molecule has 0 atom stereocenters. The topological polar surface area (TPSA) is 37.4 Å². The summed E-state index contributed by atoms with van der Waals surface area (Å²) in [5.41, 5.74) is 4.60. The normalized spacial score (nSPS) is 11.3. The van der Waals surface area contributed by atoms with Gasteiger partial charge in [-0.1, -0.05) is 75.6 Å². The van der Waals surface area contributed by atoms with Gasteiger partial charge < -0.3 is 0 Å². The Kier molecular flexibility index (Phi) is 6.60. The molecule has 0 heterocycles. The van der Waals surface area contributed by atoms with Gasteiger partial charge >= 0.3 is 0 Å². The molecule has 0 amide bonds. The zero-order valence-corrected chi connectivity index (χ0v) is 19.0. The second kappa shape index (κ2) is 8.97. The SMILES string of the molecule is C=CCc1cc(C)ccc1N(Cc1ccccc1Br)S(=O)(=O)c1ccc(C)cc1. The van der Waals surface area contributed by atoms with Gasteiger partial charge in [0.2, 0.25) is 0 Å². The van der Waals surface area contributed by atoms with Crippen LogP contribution in [0.15, 0.2) is 88.8 Å². The lowest BCUT2D eigenvalue weighted by molar-refractivity contribution is 0.590. The van der Waals surface area contributed by atoms with Gasteiger partial charge in [0.15, 0.2) is 0 Å². The Morgan fingerprint density at radius 3 is 2.24 bits per heavy atom. The second-order valence-electron chi connectivity index (χ2n) is 7.04. The molecule has 0 N–H and O–H groups in total. The summed E-state index contributed by atoms with van der Waals surface area (Å²) in [5, 5.41) is 0. The number of sulfonamides is 1. The maximum absolute atomic E-state index is 13.7. The molecule has 0 spiro atoms. The van der Waals surface area contributed by atoms with Crippen LogP contribution in [-0.2, 0) is 23.0 Å². The quantitative estimate of drug-likeness (QED) is 0.386. The van der Waals surface area contributed by atoms with Crippen molar-refractivity contribution in [2.45, 2.75) is 31.7 Å². The van der Waals surface area contributed by atoms with Gasteiger partial charge in [-0.05, 0) is 55.7 Å². The fraction of sp³-hybridized carbons (Fsp3) is 0.167. The monoisotopic (exact) mass is 469 g/mol. The molecular formula is C24H24BrNO2S. The van der Waals surface area contributed by atoms with E-state index in [4.69, 9.17) is 0 Å². The van der Waals surface area contributed by atoms with Crippen molar-refractivity contribution in [1.82, 2.24) is 0 Å². The highest BCUT2D eigenvalue weighted by Gasteiger charge is 2.27. The molecule has 0 aromatic heterocycles. The van der Waals surface area contributed by atoms with E-state index in [2.05, 4.69) is 22.5 Å². The van der Waals surface area contributed by atoms with Gasteiger partial charge in [0.25, 0.3) is 10.0 Å². The molecule has 0 saturated heterocycles. The maximum atomic E-state index is 13.7. The van der Waals surface area contributed by atoms with Crippen molar-refractivity contribution < 1.29 is 8.42 Å². The zero-order valence-electron chi connectivity index (χ0n) is 16.6. The third kappa shape index (κ3) is 4.80. The van der Waals surface area contributed by atoms with Crippen LogP contribution in [-0.4, -0.2) is 8.42 Å². The van der Waals surface area contributed by atoms with E-state index >= 15 is 0 Å². The van der Waals surface area contributed by atoms with E-state index < -0.39 is 10.0 Å². The van der Waals surface area contributed by atoms with Crippen LogP contribution in [0.3, 0.4) is 0 Å². The standard InChI is InChI=1S/C24H24BrNO2S/c1-4-7-20-16-19(3)12-15-24(20)26(17-21-8-5-6-9-23(21)25)29(27,28)22-13-10-18(2)11-14-22/h4-6,8-16H,1,7,17H2,2-3H3. The minimum absolute atomic E-state index is 0.227. The summed E-state index contributed by atoms with van der Waals surface area (Å²) in [7, 11) is -3.76. The van der Waals surface area contributed by atoms with Crippen molar-refractivity contribution >= 4 is 31.6 Å². The maximum Gasteiger partial charge on any atom is 0.264 e. The van der Waals surface area contributed by atoms with E-state index in [-0.39, 0.29) is 11.4 Å². The van der Waals surface area contributed by atoms with Gasteiger partial charge in [0.1, 0.15) is 0 Å². The third-order valence-corrected chi connectivity index (χ3v) is 7.30. The van der Waals surface area contributed by atoms with Crippen LogP contribution in [0.1, 0.15) is 22.3 Å². The van der Waals surface area contributed by atoms with Crippen LogP contribution in [0.2, 0.25) is 0 Å². The highest BCUT2D eigenvalue weighted by molar-refractivity contribution is 9.10. The Bertz CT molecular complexity index is 1120. The molecule has 0 bridgehead atoms. The molecular weight excluding hydrogens is 446 g/mol. The Hall–Kier alpha value is -2.37. The zero-order chi connectivity index (χ0) is 21.0. The summed E-state index contributed by atoms with van der Waals surface area (Å²) in [5.74, 6) is 0. The highest BCUT2D eigenvalue weighted by atomic mass is 79.9. The molecule has 3 aromatic carbocycles. The van der Waals surface area contributed by atoms with Crippen molar-refractivity contribution in [2.75, 3.05) is 4.31 Å². The summed E-state index contributed by atoms with van der Waals surface area (Å²) in [6.45, 7) is 8.01. The molecule has 0 unspecified atom stereocenters. The summed E-state index contributed by atoms with van der Waals surface area (Å²) >= 11 is 3.55. The number of rotatable bonds is 7. The number of hydrogen-bond acceptors (Lipinski definition) is 2. The number of benzene rings is 3. The Morgan fingerprint density at radius 2 is 1.59 bits per heavy atom. The average molecular weight is 470 g/mol. The number of hydrogen-bond donors (Lipinski definition) is 0. The third-order valence-electron chi connectivity index (χ3n) is 4.75. The summed E-state index contributed by atoms with van der Waals surface area (Å²) in [4.78, 5) is 0.278. The van der Waals surface area contributed by atoms with E-state index in [1.165, 1.54) is 4.31 Å². The van der Waals surface area contributed by atoms with E-state index in [0.29, 0.717) is 12.1 Å². The lowest BCUT2D eigenvalue weighted by atomic mass is 10.1. The van der Waals surface area contributed by atoms with Crippen molar-refractivity contribution in [3.8, 4) is 0 Å². The first kappa shape index (κ1) is 21.3. The number of nitrogens with zero attached hydrogens (tertiary/aromatic N) is 1. The van der Waals surface area contributed by atoms with Gasteiger partial charge in [0.05, 0.1) is 17.1 Å². The minimum atomic E-state index is -3.76. The second-order valence-corrected chi connectivity index (χ2v) is 9.76. The molecule has 0 aliphatic rings. The van der Waals surface area contributed by atoms with E-state index in [1.807, 2.05) is 68.4 Å². The number of allylic oxidation sites excluding steroid dienone is 1. The molecule has 3 rings (SSSR count). The highest BCUT2D eigenvalue weighted by Crippen LogP contribution is 2.32. The first-order chi connectivity index (χ1) is 13.8. The van der Waals surface area contributed by atoms with Gasteiger partial charge in [-0.15, -0.1) is 6.58 Å². The van der Waals surface area contributed by atoms with Crippen LogP contribution in [0.25, 0.3) is 0 Å². The summed E-state index contributed by atoms with van der Waals surface area (Å²) in [6, 6.07) is 20.5. The summed E-state index contributed by atoms with van der Waals surface area (Å²) in [6.07, 6.45) is 2.39. The molecule has 0 radical (unpaired) electrons.